The van der Waals surface area contributed by atoms with Crippen LogP contribution in [-0.2, 0) is 0 Å². The van der Waals surface area contributed by atoms with Crippen molar-refractivity contribution in [3.05, 3.63) is 30.1 Å². The minimum atomic E-state index is 0.154. The number of pyridine rings is 1. The molecule has 1 saturated carbocycles. The molecule has 1 aromatic heterocycles. The first kappa shape index (κ1) is 13.8. The van der Waals surface area contributed by atoms with E-state index < -0.39 is 0 Å². The topological polar surface area (TPSA) is 75.3 Å². The predicted octanol–water partition coefficient (Wildman–Crippen LogP) is 1.88. The van der Waals surface area contributed by atoms with Gasteiger partial charge in [-0.15, -0.1) is 0 Å². The van der Waals surface area contributed by atoms with Gasteiger partial charge in [0.2, 0.25) is 5.96 Å². The van der Waals surface area contributed by atoms with Crippen LogP contribution in [0.5, 0.6) is 0 Å². The van der Waals surface area contributed by atoms with Crippen LogP contribution in [-0.4, -0.2) is 17.0 Å². The second-order valence-electron chi connectivity index (χ2n) is 5.06. The Labute approximate surface area is 114 Å². The molecular weight excluding hydrogens is 238 g/mol. The highest BCUT2D eigenvalue weighted by Gasteiger charge is 2.14. The van der Waals surface area contributed by atoms with Crippen LogP contribution in [0.15, 0.2) is 29.5 Å². The number of nitrogens with one attached hydrogen (secondary N) is 2. The molecule has 4 N–H and O–H groups in total. The normalized spacial score (nSPS) is 18.9. The second kappa shape index (κ2) is 7.09. The quantitative estimate of drug-likeness (QED) is 0.336. The van der Waals surface area contributed by atoms with Gasteiger partial charge in [-0.3, -0.25) is 10.4 Å². The Morgan fingerprint density at radius 1 is 1.32 bits per heavy atom. The molecule has 104 valence electrons. The van der Waals surface area contributed by atoms with Crippen LogP contribution in [0.1, 0.15) is 50.6 Å². The minimum absolute atomic E-state index is 0.154. The van der Waals surface area contributed by atoms with Crippen LogP contribution < -0.4 is 16.6 Å². The summed E-state index contributed by atoms with van der Waals surface area (Å²) in [4.78, 5) is 8.70. The summed E-state index contributed by atoms with van der Waals surface area (Å²) in [5, 5.41) is 3.32. The van der Waals surface area contributed by atoms with E-state index >= 15 is 0 Å². The van der Waals surface area contributed by atoms with Gasteiger partial charge in [-0.05, 0) is 37.5 Å². The zero-order valence-corrected chi connectivity index (χ0v) is 11.5. The number of guanidine groups is 1. The lowest BCUT2D eigenvalue weighted by Crippen LogP contribution is -2.43. The van der Waals surface area contributed by atoms with Gasteiger partial charge in [-0.1, -0.05) is 19.3 Å². The number of nitrogens with two attached hydrogens (primary N) is 1. The number of hydrogen-bond donors (Lipinski definition) is 3. The van der Waals surface area contributed by atoms with Crippen LogP contribution in [0.4, 0.5) is 0 Å². The zero-order chi connectivity index (χ0) is 13.5. The van der Waals surface area contributed by atoms with Crippen molar-refractivity contribution < 1.29 is 0 Å². The lowest BCUT2D eigenvalue weighted by atomic mass is 9.96. The summed E-state index contributed by atoms with van der Waals surface area (Å²) in [7, 11) is 0. The van der Waals surface area contributed by atoms with Gasteiger partial charge in [0.15, 0.2) is 0 Å². The molecule has 0 spiro atoms. The SMILES string of the molecule is CC(NC(=NC1CCCCC1)NN)c1ccncc1. The molecule has 0 saturated heterocycles. The summed E-state index contributed by atoms with van der Waals surface area (Å²) < 4.78 is 0. The molecule has 1 aliphatic carbocycles. The zero-order valence-electron chi connectivity index (χ0n) is 11.5. The lowest BCUT2D eigenvalue weighted by Gasteiger charge is -2.21. The summed E-state index contributed by atoms with van der Waals surface area (Å²) >= 11 is 0. The molecule has 1 heterocycles. The van der Waals surface area contributed by atoms with E-state index in [-0.39, 0.29) is 6.04 Å². The van der Waals surface area contributed by atoms with Gasteiger partial charge in [-0.2, -0.15) is 0 Å². The van der Waals surface area contributed by atoms with Crippen molar-refractivity contribution in [3.63, 3.8) is 0 Å². The molecule has 1 aliphatic rings. The molecular formula is C14H23N5. The first-order valence-electron chi connectivity index (χ1n) is 7.00. The van der Waals surface area contributed by atoms with E-state index in [0.29, 0.717) is 12.0 Å². The van der Waals surface area contributed by atoms with Crippen LogP contribution in [0, 0.1) is 0 Å². The summed E-state index contributed by atoms with van der Waals surface area (Å²) in [5.74, 6) is 6.24. The highest BCUT2D eigenvalue weighted by atomic mass is 15.3. The summed E-state index contributed by atoms with van der Waals surface area (Å²) in [6.45, 7) is 2.09. The van der Waals surface area contributed by atoms with Crippen molar-refractivity contribution in [2.75, 3.05) is 0 Å². The fourth-order valence-electron chi connectivity index (χ4n) is 2.45. The van der Waals surface area contributed by atoms with Crippen LogP contribution >= 0.6 is 0 Å². The van der Waals surface area contributed by atoms with E-state index in [1.165, 1.54) is 24.8 Å². The van der Waals surface area contributed by atoms with Gasteiger partial charge in [0.25, 0.3) is 0 Å². The molecule has 19 heavy (non-hydrogen) atoms. The summed E-state index contributed by atoms with van der Waals surface area (Å²) in [5.41, 5.74) is 3.84. The first-order chi connectivity index (χ1) is 9.29. The van der Waals surface area contributed by atoms with Crippen LogP contribution in [0.3, 0.4) is 0 Å². The van der Waals surface area contributed by atoms with Crippen molar-refractivity contribution in [2.45, 2.75) is 51.1 Å². The molecule has 1 fully saturated rings. The van der Waals surface area contributed by atoms with Crippen LogP contribution in [0.2, 0.25) is 0 Å². The Bertz CT molecular complexity index is 398. The van der Waals surface area contributed by atoms with Gasteiger partial charge >= 0.3 is 0 Å². The number of hydrazine groups is 1. The van der Waals surface area contributed by atoms with E-state index in [1.54, 1.807) is 12.4 Å². The molecule has 5 heteroatoms. The Morgan fingerprint density at radius 2 is 2.00 bits per heavy atom. The molecule has 0 bridgehead atoms. The Hall–Kier alpha value is -1.62. The highest BCUT2D eigenvalue weighted by molar-refractivity contribution is 5.79. The lowest BCUT2D eigenvalue weighted by molar-refractivity contribution is 0.440. The minimum Gasteiger partial charge on any atom is -0.349 e. The van der Waals surface area contributed by atoms with Crippen molar-refractivity contribution in [1.29, 1.82) is 0 Å². The third-order valence-electron chi connectivity index (χ3n) is 3.58. The molecule has 1 atom stereocenters. The summed E-state index contributed by atoms with van der Waals surface area (Å²) in [6, 6.07) is 4.54. The smallest absolute Gasteiger partial charge is 0.206 e. The van der Waals surface area contributed by atoms with Crippen molar-refractivity contribution >= 4 is 5.96 Å². The molecule has 1 unspecified atom stereocenters. The molecule has 1 aromatic rings. The second-order valence-corrected chi connectivity index (χ2v) is 5.06. The monoisotopic (exact) mass is 261 g/mol. The maximum Gasteiger partial charge on any atom is 0.206 e. The van der Waals surface area contributed by atoms with Crippen LogP contribution in [0.25, 0.3) is 0 Å². The van der Waals surface area contributed by atoms with Gasteiger partial charge in [0.1, 0.15) is 0 Å². The molecule has 0 radical (unpaired) electrons. The van der Waals surface area contributed by atoms with E-state index in [0.717, 1.165) is 12.8 Å². The fourth-order valence-corrected chi connectivity index (χ4v) is 2.45. The Balaban J connectivity index is 1.96. The highest BCUT2D eigenvalue weighted by Crippen LogP contribution is 2.20. The molecule has 5 nitrogen and oxygen atoms in total. The Kier molecular flexibility index (Phi) is 5.15. The van der Waals surface area contributed by atoms with Gasteiger partial charge in [-0.25, -0.2) is 10.8 Å². The standard InChI is InChI=1S/C14H23N5/c1-11(12-7-9-16-10-8-12)17-14(19-15)18-13-5-3-2-4-6-13/h7-11,13H,2-6,15H2,1H3,(H2,17,18,19). The van der Waals surface area contributed by atoms with Gasteiger partial charge in [0, 0.05) is 12.4 Å². The van der Waals surface area contributed by atoms with Crippen molar-refractivity contribution in [1.82, 2.24) is 15.7 Å². The maximum absolute atomic E-state index is 5.56. The van der Waals surface area contributed by atoms with E-state index in [2.05, 4.69) is 27.6 Å². The molecule has 0 amide bonds. The number of hydrogen-bond acceptors (Lipinski definition) is 3. The van der Waals surface area contributed by atoms with Gasteiger partial charge in [0.05, 0.1) is 12.1 Å². The average molecular weight is 261 g/mol. The molecule has 0 aliphatic heterocycles. The van der Waals surface area contributed by atoms with Gasteiger partial charge < -0.3 is 5.32 Å². The predicted molar refractivity (Wildman–Crippen MR) is 77.4 cm³/mol. The summed E-state index contributed by atoms with van der Waals surface area (Å²) in [6.07, 6.45) is 9.78. The fraction of sp³-hybridized carbons (Fsp3) is 0.571. The number of aliphatic imine (C=N–C) groups is 1. The maximum atomic E-state index is 5.56. The first-order valence-corrected chi connectivity index (χ1v) is 7.00. The van der Waals surface area contributed by atoms with Crippen molar-refractivity contribution in [3.8, 4) is 0 Å². The molecule has 0 aromatic carbocycles. The Morgan fingerprint density at radius 3 is 2.63 bits per heavy atom. The number of rotatable bonds is 3. The van der Waals surface area contributed by atoms with E-state index in [9.17, 15) is 0 Å². The van der Waals surface area contributed by atoms with E-state index in [1.807, 2.05) is 12.1 Å². The third kappa shape index (κ3) is 4.21. The average Bonchev–Trinajstić information content (AvgIpc) is 2.48. The molecule has 2 rings (SSSR count). The van der Waals surface area contributed by atoms with E-state index in [4.69, 9.17) is 5.84 Å². The third-order valence-corrected chi connectivity index (χ3v) is 3.58. The largest absolute Gasteiger partial charge is 0.349 e. The number of nitrogens with zero attached hydrogens (tertiary/aromatic N) is 2. The number of aromatic nitrogens is 1. The van der Waals surface area contributed by atoms with Crippen molar-refractivity contribution in [2.24, 2.45) is 10.8 Å².